The lowest BCUT2D eigenvalue weighted by atomic mass is 10.4. The molecule has 148 valence electrons. The quantitative estimate of drug-likeness (QED) is 0.525. The van der Waals surface area contributed by atoms with Gasteiger partial charge in [-0.2, -0.15) is 0 Å². The maximum atomic E-state index is 9.50. The number of ether oxygens (including phenoxy) is 4. The van der Waals surface area contributed by atoms with Gasteiger partial charge >= 0.3 is 0 Å². The Morgan fingerprint density at radius 3 is 2.08 bits per heavy atom. The maximum Gasteiger partial charge on any atom is 0.163 e. The Morgan fingerprint density at radius 2 is 1.67 bits per heavy atom. The van der Waals surface area contributed by atoms with E-state index in [2.05, 4.69) is 20.4 Å². The Labute approximate surface area is 150 Å². The fourth-order valence-corrected chi connectivity index (χ4v) is 1.52. The molecule has 0 bridgehead atoms. The minimum atomic E-state index is -0.620. The molecule has 24 heavy (non-hydrogen) atoms. The van der Waals surface area contributed by atoms with Crippen molar-refractivity contribution in [1.82, 2.24) is 0 Å². The molecule has 0 amide bonds. The standard InChI is InChI=1S/C12H22O5.C3H8.2C2H6/c1-4-5-14-6-10(13)7-15-8-11-9-16-12(2,3)17-11;1-3-2;2*1-2/h4,10-11,13H,1,5-9H2,2-3H3;3H2,1-2H3;2*1-2H3. The first-order chi connectivity index (χ1) is 11.4. The zero-order chi connectivity index (χ0) is 19.4. The van der Waals surface area contributed by atoms with Gasteiger partial charge in [0.2, 0.25) is 0 Å². The smallest absolute Gasteiger partial charge is 0.163 e. The van der Waals surface area contributed by atoms with Crippen molar-refractivity contribution in [3.8, 4) is 0 Å². The molecule has 5 nitrogen and oxygen atoms in total. The van der Waals surface area contributed by atoms with Gasteiger partial charge in [-0.1, -0.05) is 54.0 Å². The summed E-state index contributed by atoms with van der Waals surface area (Å²) in [4.78, 5) is 0. The van der Waals surface area contributed by atoms with Gasteiger partial charge in [-0.05, 0) is 13.8 Å². The topological polar surface area (TPSA) is 57.2 Å². The second-order valence-electron chi connectivity index (χ2n) is 5.18. The van der Waals surface area contributed by atoms with Gasteiger partial charge in [0.25, 0.3) is 0 Å². The number of rotatable bonds is 8. The minimum absolute atomic E-state index is 0.0636. The molecule has 1 rings (SSSR count). The van der Waals surface area contributed by atoms with Gasteiger partial charge in [-0.3, -0.25) is 0 Å². The largest absolute Gasteiger partial charge is 0.388 e. The molecule has 1 saturated heterocycles. The first kappa shape index (κ1) is 28.3. The first-order valence-corrected chi connectivity index (χ1v) is 9.21. The molecule has 0 spiro atoms. The predicted molar refractivity (Wildman–Crippen MR) is 101 cm³/mol. The highest BCUT2D eigenvalue weighted by atomic mass is 16.7. The minimum Gasteiger partial charge on any atom is -0.388 e. The van der Waals surface area contributed by atoms with Crippen molar-refractivity contribution < 1.29 is 24.1 Å². The Kier molecular flexibility index (Phi) is 24.3. The molecule has 1 aliphatic heterocycles. The van der Waals surface area contributed by atoms with Gasteiger partial charge in [0, 0.05) is 0 Å². The van der Waals surface area contributed by atoms with Gasteiger partial charge in [0.1, 0.15) is 12.2 Å². The predicted octanol–water partition coefficient (Wildman–Crippen LogP) is 4.19. The number of aliphatic hydroxyl groups excluding tert-OH is 1. The van der Waals surface area contributed by atoms with Crippen LogP contribution in [0.25, 0.3) is 0 Å². The van der Waals surface area contributed by atoms with E-state index in [1.165, 1.54) is 6.42 Å². The Hall–Kier alpha value is -0.460. The zero-order valence-electron chi connectivity index (χ0n) is 17.3. The molecule has 2 atom stereocenters. The Balaban J connectivity index is -0.000000549. The summed E-state index contributed by atoms with van der Waals surface area (Å²) >= 11 is 0. The molecule has 1 N–H and O–H groups in total. The monoisotopic (exact) mass is 350 g/mol. The van der Waals surface area contributed by atoms with Gasteiger partial charge in [-0.15, -0.1) is 6.58 Å². The van der Waals surface area contributed by atoms with Gasteiger partial charge in [0.15, 0.2) is 5.79 Å². The summed E-state index contributed by atoms with van der Waals surface area (Å²) in [7, 11) is 0. The third kappa shape index (κ3) is 19.6. The normalized spacial score (nSPS) is 18.8. The highest BCUT2D eigenvalue weighted by molar-refractivity contribution is 4.70. The van der Waals surface area contributed by atoms with Crippen LogP contribution in [0.3, 0.4) is 0 Å². The van der Waals surface area contributed by atoms with Crippen LogP contribution in [0.15, 0.2) is 12.7 Å². The van der Waals surface area contributed by atoms with E-state index in [9.17, 15) is 5.11 Å². The van der Waals surface area contributed by atoms with E-state index in [4.69, 9.17) is 18.9 Å². The molecule has 2 unspecified atom stereocenters. The van der Waals surface area contributed by atoms with E-state index < -0.39 is 11.9 Å². The highest BCUT2D eigenvalue weighted by Gasteiger charge is 2.32. The SMILES string of the molecule is C=CCOCC(O)COCC1COC(C)(C)O1.CC.CC.CCC. The van der Waals surface area contributed by atoms with Crippen LogP contribution in [0.5, 0.6) is 0 Å². The van der Waals surface area contributed by atoms with Crippen LogP contribution >= 0.6 is 0 Å². The average Bonchev–Trinajstić information content (AvgIpc) is 2.91. The summed E-state index contributed by atoms with van der Waals surface area (Å²) in [5.74, 6) is -0.528. The number of aliphatic hydroxyl groups is 1. The summed E-state index contributed by atoms with van der Waals surface area (Å²) in [6, 6.07) is 0. The highest BCUT2D eigenvalue weighted by Crippen LogP contribution is 2.22. The molecular weight excluding hydrogens is 308 g/mol. The molecule has 0 aromatic rings. The summed E-state index contributed by atoms with van der Waals surface area (Å²) in [6.45, 7) is 21.4. The van der Waals surface area contributed by atoms with Crippen molar-refractivity contribution >= 4 is 0 Å². The number of hydrogen-bond acceptors (Lipinski definition) is 5. The van der Waals surface area contributed by atoms with Crippen molar-refractivity contribution in [2.24, 2.45) is 0 Å². The fraction of sp³-hybridized carbons (Fsp3) is 0.895. The van der Waals surface area contributed by atoms with Crippen molar-refractivity contribution in [3.05, 3.63) is 12.7 Å². The van der Waals surface area contributed by atoms with Crippen LogP contribution in [0.4, 0.5) is 0 Å². The summed E-state index contributed by atoms with van der Waals surface area (Å²) in [6.07, 6.45) is 2.20. The number of hydrogen-bond donors (Lipinski definition) is 1. The van der Waals surface area contributed by atoms with Gasteiger partial charge in [-0.25, -0.2) is 0 Å². The zero-order valence-corrected chi connectivity index (χ0v) is 17.3. The molecule has 5 heteroatoms. The molecule has 0 aromatic heterocycles. The van der Waals surface area contributed by atoms with Crippen LogP contribution < -0.4 is 0 Å². The summed E-state index contributed by atoms with van der Waals surface area (Å²) < 4.78 is 21.4. The second kappa shape index (κ2) is 20.6. The van der Waals surface area contributed by atoms with Crippen LogP contribution in [0.2, 0.25) is 0 Å². The van der Waals surface area contributed by atoms with Crippen LogP contribution in [0, 0.1) is 0 Å². The average molecular weight is 351 g/mol. The van der Waals surface area contributed by atoms with E-state index in [1.54, 1.807) is 6.08 Å². The van der Waals surface area contributed by atoms with Gasteiger partial charge < -0.3 is 24.1 Å². The lowest BCUT2D eigenvalue weighted by molar-refractivity contribution is -0.146. The Bertz CT molecular complexity index is 244. The van der Waals surface area contributed by atoms with Crippen molar-refractivity contribution in [2.75, 3.05) is 33.0 Å². The lowest BCUT2D eigenvalue weighted by Crippen LogP contribution is -2.27. The molecule has 1 heterocycles. The summed E-state index contributed by atoms with van der Waals surface area (Å²) in [5, 5.41) is 9.50. The van der Waals surface area contributed by atoms with Crippen molar-refractivity contribution in [2.45, 2.75) is 79.8 Å². The van der Waals surface area contributed by atoms with E-state index in [-0.39, 0.29) is 19.3 Å². The van der Waals surface area contributed by atoms with Crippen LogP contribution in [-0.2, 0) is 18.9 Å². The van der Waals surface area contributed by atoms with Gasteiger partial charge in [0.05, 0.1) is 33.0 Å². The Morgan fingerprint density at radius 1 is 1.17 bits per heavy atom. The van der Waals surface area contributed by atoms with Crippen molar-refractivity contribution in [1.29, 1.82) is 0 Å². The van der Waals surface area contributed by atoms with Crippen molar-refractivity contribution in [3.63, 3.8) is 0 Å². The fourth-order valence-electron chi connectivity index (χ4n) is 1.52. The molecule has 0 aliphatic carbocycles. The van der Waals surface area contributed by atoms with Crippen LogP contribution in [0.1, 0.15) is 61.8 Å². The second-order valence-corrected chi connectivity index (χ2v) is 5.18. The summed E-state index contributed by atoms with van der Waals surface area (Å²) in [5.41, 5.74) is 0. The third-order valence-electron chi connectivity index (χ3n) is 2.23. The van der Waals surface area contributed by atoms with E-state index in [0.717, 1.165) is 0 Å². The third-order valence-corrected chi connectivity index (χ3v) is 2.23. The molecule has 0 saturated carbocycles. The molecule has 0 radical (unpaired) electrons. The molecular formula is C19H42O5. The van der Waals surface area contributed by atoms with E-state index >= 15 is 0 Å². The first-order valence-electron chi connectivity index (χ1n) is 9.21. The maximum absolute atomic E-state index is 9.50. The van der Waals surface area contributed by atoms with Crippen LogP contribution in [-0.4, -0.2) is 56.1 Å². The molecule has 1 fully saturated rings. The van der Waals surface area contributed by atoms with E-state index in [1.807, 2.05) is 41.5 Å². The van der Waals surface area contributed by atoms with E-state index in [0.29, 0.717) is 19.8 Å². The molecule has 0 aromatic carbocycles. The molecule has 1 aliphatic rings. The lowest BCUT2D eigenvalue weighted by Gasteiger charge is -2.17.